The summed E-state index contributed by atoms with van der Waals surface area (Å²) in [4.78, 5) is 28.0. The first-order valence-corrected chi connectivity index (χ1v) is 11.0. The second-order valence-electron chi connectivity index (χ2n) is 5.90. The number of carbonyl (C=O) groups excluding carboxylic acids is 1. The van der Waals surface area contributed by atoms with Crippen molar-refractivity contribution in [2.45, 2.75) is 6.92 Å². The van der Waals surface area contributed by atoms with Crippen molar-refractivity contribution in [1.29, 1.82) is 0 Å². The Labute approximate surface area is 195 Å². The van der Waals surface area contributed by atoms with Gasteiger partial charge in [0.1, 0.15) is 0 Å². The number of rotatable bonds is 7. The second-order valence-corrected chi connectivity index (χ2v) is 8.53. The van der Waals surface area contributed by atoms with Gasteiger partial charge >= 0.3 is 5.97 Å². The number of thioether (sulfide) groups is 1. The average Bonchev–Trinajstić information content (AvgIpc) is 3.02. The van der Waals surface area contributed by atoms with E-state index < -0.39 is 12.6 Å². The van der Waals surface area contributed by atoms with E-state index >= 15 is 0 Å². The number of halogens is 2. The molecule has 7 nitrogen and oxygen atoms in total. The molecule has 1 aliphatic rings. The van der Waals surface area contributed by atoms with Gasteiger partial charge in [-0.1, -0.05) is 11.6 Å². The van der Waals surface area contributed by atoms with E-state index in [1.165, 1.54) is 11.8 Å². The third-order valence-corrected chi connectivity index (χ3v) is 5.64. The number of ether oxygens (including phenoxy) is 2. The highest BCUT2D eigenvalue weighted by Crippen LogP contribution is 2.36. The lowest BCUT2D eigenvalue weighted by Crippen LogP contribution is -2.19. The number of carbonyl (C=O) groups is 2. The van der Waals surface area contributed by atoms with Crippen LogP contribution in [0.5, 0.6) is 11.5 Å². The predicted octanol–water partition coefficient (Wildman–Crippen LogP) is 4.70. The predicted molar refractivity (Wildman–Crippen MR) is 126 cm³/mol. The first kappa shape index (κ1) is 22.4. The number of nitrogens with zero attached hydrogens (tertiary/aromatic N) is 1. The Kier molecular flexibility index (Phi) is 7.62. The standard InChI is InChI=1S/C20H16ClIN2O5S/c1-2-28-15-8-11(7-14(22)18(15)29-10-17(25)26)9-16-19(27)24-20(30-16)23-13-5-3-12(21)4-6-13/h3-9H,2,10H2,1H3,(H,25,26)(H,23,24,27)/b16-9+. The number of nitrogens with one attached hydrogen (secondary N) is 1. The zero-order valence-corrected chi connectivity index (χ0v) is 19.4. The minimum absolute atomic E-state index is 0.258. The Bertz CT molecular complexity index is 1040. The van der Waals surface area contributed by atoms with E-state index in [4.69, 9.17) is 26.2 Å². The summed E-state index contributed by atoms with van der Waals surface area (Å²) in [6, 6.07) is 10.5. The maximum absolute atomic E-state index is 12.3. The van der Waals surface area contributed by atoms with E-state index in [1.807, 2.05) is 29.5 Å². The van der Waals surface area contributed by atoms with Gasteiger partial charge in [0.25, 0.3) is 5.91 Å². The van der Waals surface area contributed by atoms with E-state index in [2.05, 4.69) is 10.3 Å². The maximum Gasteiger partial charge on any atom is 0.341 e. The van der Waals surface area contributed by atoms with Crippen LogP contribution in [0.1, 0.15) is 12.5 Å². The van der Waals surface area contributed by atoms with Crippen molar-refractivity contribution in [2.75, 3.05) is 13.2 Å². The van der Waals surface area contributed by atoms with Crippen LogP contribution in [-0.2, 0) is 9.59 Å². The molecular formula is C20H16ClIN2O5S. The lowest BCUT2D eigenvalue weighted by Gasteiger charge is -2.13. The summed E-state index contributed by atoms with van der Waals surface area (Å²) < 4.78 is 11.6. The van der Waals surface area contributed by atoms with Crippen LogP contribution in [0.25, 0.3) is 6.08 Å². The molecule has 0 atom stereocenters. The largest absolute Gasteiger partial charge is 0.490 e. The van der Waals surface area contributed by atoms with Crippen molar-refractivity contribution in [2.24, 2.45) is 4.99 Å². The number of benzene rings is 2. The molecule has 2 aromatic rings. The van der Waals surface area contributed by atoms with Crippen molar-refractivity contribution in [3.63, 3.8) is 0 Å². The van der Waals surface area contributed by atoms with Gasteiger partial charge < -0.3 is 19.9 Å². The Morgan fingerprint density at radius 1 is 1.30 bits per heavy atom. The molecular weight excluding hydrogens is 543 g/mol. The molecule has 1 heterocycles. The smallest absolute Gasteiger partial charge is 0.341 e. The summed E-state index contributed by atoms with van der Waals surface area (Å²) in [6.07, 6.45) is 1.72. The molecule has 1 fully saturated rings. The van der Waals surface area contributed by atoms with E-state index in [9.17, 15) is 9.59 Å². The van der Waals surface area contributed by atoms with Crippen molar-refractivity contribution in [1.82, 2.24) is 5.32 Å². The van der Waals surface area contributed by atoms with Crippen LogP contribution in [0, 0.1) is 3.57 Å². The molecule has 3 rings (SSSR count). The molecule has 0 aliphatic carbocycles. The molecule has 30 heavy (non-hydrogen) atoms. The lowest BCUT2D eigenvalue weighted by atomic mass is 10.2. The quantitative estimate of drug-likeness (QED) is 0.378. The SMILES string of the molecule is CCOc1cc(/C=C2/SC(=Nc3ccc(Cl)cc3)NC2=O)cc(I)c1OCC(=O)O. The number of aliphatic imine (C=N–C) groups is 1. The van der Waals surface area contributed by atoms with Crippen molar-refractivity contribution < 1.29 is 24.2 Å². The number of aliphatic carboxylic acids is 1. The molecule has 2 aromatic carbocycles. The number of amides is 1. The van der Waals surface area contributed by atoms with Crippen LogP contribution < -0.4 is 14.8 Å². The molecule has 1 aliphatic heterocycles. The Morgan fingerprint density at radius 3 is 2.70 bits per heavy atom. The third kappa shape index (κ3) is 5.89. The van der Waals surface area contributed by atoms with Crippen molar-refractivity contribution >= 4 is 74.8 Å². The molecule has 156 valence electrons. The average molecular weight is 559 g/mol. The van der Waals surface area contributed by atoms with E-state index in [0.29, 0.717) is 42.5 Å². The molecule has 10 heteroatoms. The molecule has 1 amide bonds. The first-order chi connectivity index (χ1) is 14.4. The van der Waals surface area contributed by atoms with Gasteiger partial charge in [0.05, 0.1) is 20.8 Å². The van der Waals surface area contributed by atoms with Gasteiger partial charge in [0, 0.05) is 5.02 Å². The summed E-state index contributed by atoms with van der Waals surface area (Å²) in [5.41, 5.74) is 1.40. The Morgan fingerprint density at radius 2 is 2.03 bits per heavy atom. The monoisotopic (exact) mass is 558 g/mol. The summed E-state index contributed by atoms with van der Waals surface area (Å²) in [5, 5.41) is 12.7. The van der Waals surface area contributed by atoms with Crippen molar-refractivity contribution in [3.8, 4) is 11.5 Å². The summed E-state index contributed by atoms with van der Waals surface area (Å²) in [5.74, 6) is -0.565. The van der Waals surface area contributed by atoms with Crippen molar-refractivity contribution in [3.05, 3.63) is 55.5 Å². The highest BCUT2D eigenvalue weighted by atomic mass is 127. The second kappa shape index (κ2) is 10.2. The third-order valence-electron chi connectivity index (χ3n) is 3.68. The zero-order valence-electron chi connectivity index (χ0n) is 15.6. The highest BCUT2D eigenvalue weighted by molar-refractivity contribution is 14.1. The molecule has 1 saturated heterocycles. The van der Waals surface area contributed by atoms with Crippen LogP contribution in [0.15, 0.2) is 46.3 Å². The Hall–Kier alpha value is -2.24. The van der Waals surface area contributed by atoms with Crippen LogP contribution in [0.2, 0.25) is 5.02 Å². The fraction of sp³-hybridized carbons (Fsp3) is 0.150. The van der Waals surface area contributed by atoms with Crippen LogP contribution in [0.3, 0.4) is 0 Å². The fourth-order valence-corrected chi connectivity index (χ4v) is 4.22. The summed E-state index contributed by atoms with van der Waals surface area (Å²) in [6.45, 7) is 1.73. The molecule has 0 saturated carbocycles. The molecule has 0 aromatic heterocycles. The topological polar surface area (TPSA) is 97.2 Å². The maximum atomic E-state index is 12.3. The molecule has 2 N–H and O–H groups in total. The van der Waals surface area contributed by atoms with Gasteiger partial charge in [-0.25, -0.2) is 9.79 Å². The minimum Gasteiger partial charge on any atom is -0.490 e. The molecule has 0 spiro atoms. The van der Waals surface area contributed by atoms with Crippen LogP contribution in [0.4, 0.5) is 5.69 Å². The highest BCUT2D eigenvalue weighted by Gasteiger charge is 2.24. The Balaban J connectivity index is 1.85. The number of hydrogen-bond acceptors (Lipinski definition) is 6. The van der Waals surface area contributed by atoms with E-state index in [1.54, 1.807) is 42.5 Å². The van der Waals surface area contributed by atoms with Crippen LogP contribution >= 0.6 is 46.0 Å². The molecule has 0 unspecified atom stereocenters. The molecule has 0 bridgehead atoms. The van der Waals surface area contributed by atoms with Gasteiger partial charge in [-0.3, -0.25) is 4.79 Å². The van der Waals surface area contributed by atoms with Gasteiger partial charge in [-0.2, -0.15) is 0 Å². The number of carboxylic acid groups (broad SMARTS) is 1. The normalized spacial score (nSPS) is 16.0. The van der Waals surface area contributed by atoms with Gasteiger partial charge in [-0.15, -0.1) is 0 Å². The van der Waals surface area contributed by atoms with Gasteiger partial charge in [0.2, 0.25) is 0 Å². The number of hydrogen-bond donors (Lipinski definition) is 2. The van der Waals surface area contributed by atoms with Gasteiger partial charge in [0.15, 0.2) is 23.3 Å². The van der Waals surface area contributed by atoms with Crippen LogP contribution in [-0.4, -0.2) is 35.4 Å². The summed E-state index contributed by atoms with van der Waals surface area (Å²) in [7, 11) is 0. The zero-order chi connectivity index (χ0) is 21.7. The van der Waals surface area contributed by atoms with E-state index in [-0.39, 0.29) is 5.91 Å². The summed E-state index contributed by atoms with van der Waals surface area (Å²) >= 11 is 9.14. The number of amidine groups is 1. The van der Waals surface area contributed by atoms with Gasteiger partial charge in [-0.05, 0) is 89.3 Å². The van der Waals surface area contributed by atoms with E-state index in [0.717, 1.165) is 5.56 Å². The number of carboxylic acids is 1. The molecule has 0 radical (unpaired) electrons. The fourth-order valence-electron chi connectivity index (χ4n) is 2.47. The first-order valence-electron chi connectivity index (χ1n) is 8.71. The lowest BCUT2D eigenvalue weighted by molar-refractivity contribution is -0.139. The minimum atomic E-state index is -1.08.